The summed E-state index contributed by atoms with van der Waals surface area (Å²) in [4.78, 5) is 0. The number of morpholine rings is 1. The molecule has 2 heteroatoms. The van der Waals surface area contributed by atoms with Crippen LogP contribution in [0.1, 0.15) is 16.7 Å². The molecule has 0 spiro atoms. The minimum atomic E-state index is -0.239. The summed E-state index contributed by atoms with van der Waals surface area (Å²) >= 11 is 0. The Morgan fingerprint density at radius 3 is 1.70 bits per heavy atom. The minimum Gasteiger partial charge on any atom is -0.374 e. The first-order valence-corrected chi connectivity index (χ1v) is 9.76. The molecule has 1 unspecified atom stereocenters. The van der Waals surface area contributed by atoms with Crippen molar-refractivity contribution in [1.29, 1.82) is 0 Å². The van der Waals surface area contributed by atoms with Gasteiger partial charge in [-0.05, 0) is 29.5 Å². The zero-order valence-corrected chi connectivity index (χ0v) is 15.6. The summed E-state index contributed by atoms with van der Waals surface area (Å²) < 4.78 is 6.35. The molecule has 1 saturated heterocycles. The second kappa shape index (κ2) is 8.51. The largest absolute Gasteiger partial charge is 0.374 e. The van der Waals surface area contributed by atoms with Crippen molar-refractivity contribution in [2.24, 2.45) is 0 Å². The van der Waals surface area contributed by atoms with E-state index < -0.39 is 0 Å². The fourth-order valence-electron chi connectivity index (χ4n) is 4.10. The Morgan fingerprint density at radius 1 is 0.704 bits per heavy atom. The molecule has 1 heterocycles. The summed E-state index contributed by atoms with van der Waals surface area (Å²) in [5, 5.41) is 5.20. The van der Waals surface area contributed by atoms with Crippen LogP contribution in [0.3, 0.4) is 0 Å². The molecule has 27 heavy (non-hydrogen) atoms. The third-order valence-electron chi connectivity index (χ3n) is 5.41. The molecule has 137 valence electrons. The molecule has 0 aromatic heterocycles. The first-order valence-electron chi connectivity index (χ1n) is 9.76. The van der Waals surface area contributed by atoms with Crippen LogP contribution in [-0.4, -0.2) is 24.8 Å². The van der Waals surface area contributed by atoms with E-state index in [0.29, 0.717) is 6.61 Å². The van der Waals surface area contributed by atoms with Crippen LogP contribution >= 0.6 is 0 Å². The quantitative estimate of drug-likeness (QED) is 0.640. The Hall–Kier alpha value is -2.42. The maximum absolute atomic E-state index is 6.35. The van der Waals surface area contributed by atoms with E-state index in [4.69, 9.17) is 10.1 Å². The van der Waals surface area contributed by atoms with Crippen molar-refractivity contribution in [2.75, 3.05) is 13.2 Å². The van der Waals surface area contributed by atoms with Gasteiger partial charge in [0.1, 0.15) is 0 Å². The van der Waals surface area contributed by atoms with Crippen molar-refractivity contribution in [3.63, 3.8) is 0 Å². The summed E-state index contributed by atoms with van der Waals surface area (Å²) in [5.74, 6) is 0. The molecule has 1 atom stereocenters. The van der Waals surface area contributed by atoms with Crippen LogP contribution in [0.5, 0.6) is 0 Å². The smallest absolute Gasteiger partial charge is 0.0819 e. The van der Waals surface area contributed by atoms with Gasteiger partial charge in [-0.3, -0.25) is 0 Å². The van der Waals surface area contributed by atoms with E-state index in [-0.39, 0.29) is 11.6 Å². The highest BCUT2D eigenvalue weighted by Gasteiger charge is 2.43. The van der Waals surface area contributed by atoms with Gasteiger partial charge in [0, 0.05) is 13.0 Å². The van der Waals surface area contributed by atoms with Gasteiger partial charge in [0.25, 0.3) is 0 Å². The molecule has 0 amide bonds. The van der Waals surface area contributed by atoms with E-state index in [1.807, 2.05) is 0 Å². The molecule has 0 N–H and O–H groups in total. The van der Waals surface area contributed by atoms with Crippen LogP contribution in [0.4, 0.5) is 0 Å². The van der Waals surface area contributed by atoms with Crippen molar-refractivity contribution < 1.29 is 4.74 Å². The number of hydrogen-bond acceptors (Lipinski definition) is 1. The Balaban J connectivity index is 1.67. The lowest BCUT2D eigenvalue weighted by Crippen LogP contribution is -2.60. The molecular weight excluding hydrogens is 330 g/mol. The molecule has 2 nitrogen and oxygen atoms in total. The molecule has 1 radical (unpaired) electrons. The predicted octanol–water partition coefficient (Wildman–Crippen LogP) is 4.46. The van der Waals surface area contributed by atoms with Crippen LogP contribution < -0.4 is 5.32 Å². The second-order valence-corrected chi connectivity index (χ2v) is 7.36. The van der Waals surface area contributed by atoms with Gasteiger partial charge in [0.2, 0.25) is 0 Å². The van der Waals surface area contributed by atoms with Crippen LogP contribution in [0, 0.1) is 0 Å². The zero-order chi connectivity index (χ0) is 18.4. The van der Waals surface area contributed by atoms with Gasteiger partial charge in [-0.1, -0.05) is 91.0 Å². The molecule has 3 aromatic rings. The van der Waals surface area contributed by atoms with Crippen molar-refractivity contribution in [3.8, 4) is 0 Å². The highest BCUT2D eigenvalue weighted by atomic mass is 16.5. The molecule has 0 aliphatic carbocycles. The van der Waals surface area contributed by atoms with Crippen LogP contribution in [0.2, 0.25) is 0 Å². The third kappa shape index (κ3) is 4.47. The van der Waals surface area contributed by atoms with Gasteiger partial charge in [-0.25, -0.2) is 5.32 Å². The maximum atomic E-state index is 6.35. The second-order valence-electron chi connectivity index (χ2n) is 7.36. The first kappa shape index (κ1) is 18.0. The number of rotatable bonds is 6. The van der Waals surface area contributed by atoms with Crippen molar-refractivity contribution in [2.45, 2.75) is 30.9 Å². The van der Waals surface area contributed by atoms with E-state index in [1.54, 1.807) is 0 Å². The standard InChI is InChI=1S/C25H26NO/c1-4-10-21(11-5-1)18-24-25(26-16-17-27-24,19-22-12-6-2-7-13-22)20-23-14-8-3-9-15-23/h1-15,24H,16-20H2. The Kier molecular flexibility index (Phi) is 5.66. The van der Waals surface area contributed by atoms with Gasteiger partial charge in [-0.15, -0.1) is 0 Å². The fourth-order valence-corrected chi connectivity index (χ4v) is 4.10. The van der Waals surface area contributed by atoms with Gasteiger partial charge in [0.15, 0.2) is 0 Å². The topological polar surface area (TPSA) is 23.3 Å². The van der Waals surface area contributed by atoms with Crippen LogP contribution in [0.15, 0.2) is 91.0 Å². The number of nitrogens with zero attached hydrogens (tertiary/aromatic N) is 1. The van der Waals surface area contributed by atoms with Gasteiger partial charge >= 0.3 is 0 Å². The van der Waals surface area contributed by atoms with Crippen LogP contribution in [-0.2, 0) is 24.0 Å². The van der Waals surface area contributed by atoms with Crippen LogP contribution in [0.25, 0.3) is 0 Å². The van der Waals surface area contributed by atoms with E-state index in [0.717, 1.165) is 25.8 Å². The molecule has 0 bridgehead atoms. The average molecular weight is 356 g/mol. The minimum absolute atomic E-state index is 0.0778. The maximum Gasteiger partial charge on any atom is 0.0819 e. The SMILES string of the molecule is c1ccc(CC2OCC[N]C2(Cc2ccccc2)Cc2ccccc2)cc1. The molecule has 1 aliphatic rings. The molecule has 1 fully saturated rings. The third-order valence-corrected chi connectivity index (χ3v) is 5.41. The van der Waals surface area contributed by atoms with E-state index >= 15 is 0 Å². The highest BCUT2D eigenvalue weighted by molar-refractivity contribution is 5.26. The van der Waals surface area contributed by atoms with Crippen molar-refractivity contribution >= 4 is 0 Å². The van der Waals surface area contributed by atoms with Crippen molar-refractivity contribution in [3.05, 3.63) is 108 Å². The highest BCUT2D eigenvalue weighted by Crippen LogP contribution is 2.31. The monoisotopic (exact) mass is 356 g/mol. The zero-order valence-electron chi connectivity index (χ0n) is 15.6. The fraction of sp³-hybridized carbons (Fsp3) is 0.280. The average Bonchev–Trinajstić information content (AvgIpc) is 2.72. The molecule has 0 saturated carbocycles. The number of hydrogen-bond donors (Lipinski definition) is 0. The van der Waals surface area contributed by atoms with E-state index in [1.165, 1.54) is 16.7 Å². The van der Waals surface area contributed by atoms with Gasteiger partial charge in [0.05, 0.1) is 18.2 Å². The summed E-state index contributed by atoms with van der Waals surface area (Å²) in [6.07, 6.45) is 2.78. The number of benzene rings is 3. The lowest BCUT2D eigenvalue weighted by Gasteiger charge is -2.44. The molecule has 4 rings (SSSR count). The molecule has 1 aliphatic heterocycles. The summed E-state index contributed by atoms with van der Waals surface area (Å²) in [6.45, 7) is 1.48. The van der Waals surface area contributed by atoms with Gasteiger partial charge in [-0.2, -0.15) is 0 Å². The first-order chi connectivity index (χ1) is 13.3. The lowest BCUT2D eigenvalue weighted by molar-refractivity contribution is -0.0527. The van der Waals surface area contributed by atoms with E-state index in [9.17, 15) is 0 Å². The number of ether oxygens (including phenoxy) is 1. The Morgan fingerprint density at radius 2 is 1.19 bits per heavy atom. The summed E-state index contributed by atoms with van der Waals surface area (Å²) in [7, 11) is 0. The summed E-state index contributed by atoms with van der Waals surface area (Å²) in [5.41, 5.74) is 3.71. The molecule has 3 aromatic carbocycles. The van der Waals surface area contributed by atoms with Gasteiger partial charge < -0.3 is 4.74 Å². The predicted molar refractivity (Wildman–Crippen MR) is 110 cm³/mol. The van der Waals surface area contributed by atoms with Crippen molar-refractivity contribution in [1.82, 2.24) is 5.32 Å². The Labute approximate surface area is 162 Å². The normalized spacial score (nSPS) is 18.9. The molecular formula is C25H26NO. The van der Waals surface area contributed by atoms with E-state index in [2.05, 4.69) is 91.0 Å². The Bertz CT molecular complexity index is 775. The summed E-state index contributed by atoms with van der Waals surface area (Å²) in [6, 6.07) is 32.1. The lowest BCUT2D eigenvalue weighted by atomic mass is 9.77.